The Labute approximate surface area is 98.0 Å². The Morgan fingerprint density at radius 2 is 1.92 bits per heavy atom. The summed E-state index contributed by atoms with van der Waals surface area (Å²) in [6.07, 6.45) is 5.59. The minimum absolute atomic E-state index is 0. The summed E-state index contributed by atoms with van der Waals surface area (Å²) in [6.45, 7) is 0. The molecule has 0 N–H and O–H groups in total. The molecule has 0 aromatic carbocycles. The summed E-state index contributed by atoms with van der Waals surface area (Å²) in [7, 11) is 6.41. The van der Waals surface area contributed by atoms with E-state index in [0.717, 1.165) is 16.4 Å². The van der Waals surface area contributed by atoms with Crippen LogP contribution in [0.15, 0.2) is 5.10 Å². The van der Waals surface area contributed by atoms with Crippen molar-refractivity contribution < 1.29 is 28.6 Å². The lowest BCUT2D eigenvalue weighted by molar-refractivity contribution is -0.877. The average Bonchev–Trinajstić information content (AvgIpc) is 2.42. The fraction of sp³-hybridized carbons (Fsp3) is 0.900. The zero-order chi connectivity index (χ0) is 8.77. The van der Waals surface area contributed by atoms with Gasteiger partial charge in [-0.05, 0) is 31.6 Å². The van der Waals surface area contributed by atoms with E-state index in [4.69, 9.17) is 5.10 Å². The van der Waals surface area contributed by atoms with Gasteiger partial charge in [-0.1, -0.05) is 5.10 Å². The number of nitrogens with zero attached hydrogens (tertiary/aromatic N) is 2. The Morgan fingerprint density at radius 3 is 2.31 bits per heavy atom. The van der Waals surface area contributed by atoms with E-state index in [1.165, 1.54) is 31.4 Å². The van der Waals surface area contributed by atoms with Crippen LogP contribution in [0.5, 0.6) is 0 Å². The van der Waals surface area contributed by atoms with E-state index in [2.05, 4.69) is 21.1 Å². The number of halogens is 1. The predicted molar refractivity (Wildman–Crippen MR) is 50.9 cm³/mol. The van der Waals surface area contributed by atoms with Crippen molar-refractivity contribution >= 4 is 5.71 Å². The van der Waals surface area contributed by atoms with Crippen LogP contribution in [0.1, 0.15) is 25.7 Å². The molecule has 76 valence electrons. The molecule has 2 atom stereocenters. The molecule has 0 radical (unpaired) electrons. The molecule has 0 amide bonds. The van der Waals surface area contributed by atoms with Gasteiger partial charge in [0.05, 0.1) is 26.9 Å². The molecule has 0 saturated heterocycles. The molecule has 2 nitrogen and oxygen atoms in total. The van der Waals surface area contributed by atoms with Crippen LogP contribution in [-0.2, 0) is 0 Å². The molecule has 2 fully saturated rings. The van der Waals surface area contributed by atoms with Crippen molar-refractivity contribution in [2.75, 3.05) is 21.1 Å². The maximum Gasteiger partial charge on any atom is 0.0923 e. The van der Waals surface area contributed by atoms with Gasteiger partial charge in [0.2, 0.25) is 0 Å². The van der Waals surface area contributed by atoms with Gasteiger partial charge in [0.1, 0.15) is 0 Å². The van der Waals surface area contributed by atoms with Crippen molar-refractivity contribution in [3.63, 3.8) is 0 Å². The molecule has 0 aliphatic heterocycles. The highest BCUT2D eigenvalue weighted by Gasteiger charge is 2.38. The molecule has 2 saturated carbocycles. The molecule has 0 aromatic rings. The molecule has 2 rings (SSSR count). The Balaban J connectivity index is 0.000000845. The van der Waals surface area contributed by atoms with Crippen LogP contribution in [0.3, 0.4) is 0 Å². The molecule has 0 heterocycles. The molecule has 0 spiro atoms. The normalized spacial score (nSPS) is 35.2. The van der Waals surface area contributed by atoms with E-state index >= 15 is 0 Å². The summed E-state index contributed by atoms with van der Waals surface area (Å²) in [4.78, 5) is 0. The second-order valence-electron chi connectivity index (χ2n) is 5.11. The van der Waals surface area contributed by atoms with E-state index in [0.29, 0.717) is 0 Å². The lowest BCUT2D eigenvalue weighted by Crippen LogP contribution is -3.00. The summed E-state index contributed by atoms with van der Waals surface area (Å²) in [5.41, 5.74) is 1.50. The molecule has 13 heavy (non-hydrogen) atoms. The van der Waals surface area contributed by atoms with Gasteiger partial charge < -0.3 is 24.0 Å². The number of fused-ring (bicyclic) bond motifs is 2. The molecular formula is C10H19IN2. The molecule has 2 unspecified atom stereocenters. The Bertz CT molecular complexity index is 217. The average molecular weight is 294 g/mol. The number of rotatable bonds is 1. The first-order chi connectivity index (χ1) is 5.54. The minimum Gasteiger partial charge on any atom is -1.00 e. The Morgan fingerprint density at radius 1 is 1.23 bits per heavy atom. The summed E-state index contributed by atoms with van der Waals surface area (Å²) in [6, 6.07) is 0. The molecule has 2 aliphatic carbocycles. The zero-order valence-electron chi connectivity index (χ0n) is 8.76. The highest BCUT2D eigenvalue weighted by atomic mass is 127. The molecule has 3 heteroatoms. The van der Waals surface area contributed by atoms with E-state index < -0.39 is 0 Å². The van der Waals surface area contributed by atoms with Crippen molar-refractivity contribution in [1.82, 2.24) is 0 Å². The number of hydrogen-bond acceptors (Lipinski definition) is 1. The van der Waals surface area contributed by atoms with Crippen LogP contribution >= 0.6 is 0 Å². The third-order valence-electron chi connectivity index (χ3n) is 2.94. The smallest absolute Gasteiger partial charge is 0.0923 e. The van der Waals surface area contributed by atoms with Gasteiger partial charge in [0.15, 0.2) is 0 Å². The van der Waals surface area contributed by atoms with Gasteiger partial charge in [0, 0.05) is 5.92 Å². The summed E-state index contributed by atoms with van der Waals surface area (Å²) >= 11 is 0. The van der Waals surface area contributed by atoms with Gasteiger partial charge in [-0.3, -0.25) is 0 Å². The maximum atomic E-state index is 4.75. The van der Waals surface area contributed by atoms with Crippen LogP contribution in [0.25, 0.3) is 0 Å². The maximum absolute atomic E-state index is 4.75. The quantitative estimate of drug-likeness (QED) is 0.330. The largest absolute Gasteiger partial charge is 1.00 e. The SMILES string of the molecule is C[N+](C)(C)N=C1CC2CCC1C2.[I-]. The second-order valence-corrected chi connectivity index (χ2v) is 5.11. The van der Waals surface area contributed by atoms with Gasteiger partial charge in [-0.2, -0.15) is 0 Å². The van der Waals surface area contributed by atoms with Crippen molar-refractivity contribution in [3.8, 4) is 0 Å². The van der Waals surface area contributed by atoms with E-state index in [9.17, 15) is 0 Å². The molecular weight excluding hydrogens is 275 g/mol. The predicted octanol–water partition coefficient (Wildman–Crippen LogP) is -1.13. The lowest BCUT2D eigenvalue weighted by atomic mass is 9.99. The first kappa shape index (κ1) is 11.4. The van der Waals surface area contributed by atoms with Crippen LogP contribution in [0.2, 0.25) is 0 Å². The molecule has 0 aromatic heterocycles. The third kappa shape index (κ3) is 2.65. The Hall–Kier alpha value is 0.360. The summed E-state index contributed by atoms with van der Waals surface area (Å²) in [5.74, 6) is 1.84. The topological polar surface area (TPSA) is 12.4 Å². The van der Waals surface area contributed by atoms with Crippen molar-refractivity contribution in [2.24, 2.45) is 16.9 Å². The van der Waals surface area contributed by atoms with Gasteiger partial charge in [0.25, 0.3) is 0 Å². The van der Waals surface area contributed by atoms with Crippen molar-refractivity contribution in [1.29, 1.82) is 0 Å². The van der Waals surface area contributed by atoms with Crippen LogP contribution in [0.4, 0.5) is 0 Å². The minimum atomic E-state index is 0. The standard InChI is InChI=1S/C10H19N2.HI/c1-12(2,3)11-10-7-8-4-5-9(10)6-8;/h8-9H,4-7H2,1-3H3;1H/q+1;/p-1. The van der Waals surface area contributed by atoms with Crippen molar-refractivity contribution in [3.05, 3.63) is 0 Å². The van der Waals surface area contributed by atoms with E-state index in [1.54, 1.807) is 0 Å². The monoisotopic (exact) mass is 294 g/mol. The van der Waals surface area contributed by atoms with E-state index in [1.807, 2.05) is 0 Å². The fourth-order valence-electron chi connectivity index (χ4n) is 2.53. The van der Waals surface area contributed by atoms with Gasteiger partial charge in [-0.15, -0.1) is 0 Å². The van der Waals surface area contributed by atoms with Crippen LogP contribution in [-0.4, -0.2) is 31.4 Å². The van der Waals surface area contributed by atoms with E-state index in [-0.39, 0.29) is 24.0 Å². The highest BCUT2D eigenvalue weighted by Crippen LogP contribution is 2.42. The first-order valence-corrected chi connectivity index (χ1v) is 4.95. The summed E-state index contributed by atoms with van der Waals surface area (Å²) in [5, 5.41) is 4.75. The van der Waals surface area contributed by atoms with Gasteiger partial charge >= 0.3 is 0 Å². The summed E-state index contributed by atoms with van der Waals surface area (Å²) < 4.78 is 0.749. The highest BCUT2D eigenvalue weighted by molar-refractivity contribution is 5.89. The molecule has 2 aliphatic rings. The fourth-order valence-corrected chi connectivity index (χ4v) is 2.53. The number of quaternary nitrogens is 1. The zero-order valence-corrected chi connectivity index (χ0v) is 10.9. The number of hydrogen-bond donors (Lipinski definition) is 0. The van der Waals surface area contributed by atoms with Crippen LogP contribution in [0, 0.1) is 11.8 Å². The third-order valence-corrected chi connectivity index (χ3v) is 2.94. The lowest BCUT2D eigenvalue weighted by Gasteiger charge is -2.19. The van der Waals surface area contributed by atoms with Crippen molar-refractivity contribution in [2.45, 2.75) is 25.7 Å². The van der Waals surface area contributed by atoms with Gasteiger partial charge in [-0.25, -0.2) is 4.59 Å². The first-order valence-electron chi connectivity index (χ1n) is 4.95. The Kier molecular flexibility index (Phi) is 3.38. The second kappa shape index (κ2) is 3.85. The van der Waals surface area contributed by atoms with Crippen LogP contribution < -0.4 is 24.0 Å². The molecule has 2 bridgehead atoms.